The van der Waals surface area contributed by atoms with Crippen LogP contribution in [-0.2, 0) is 4.74 Å². The molecule has 0 aliphatic rings. The highest BCUT2D eigenvalue weighted by Gasteiger charge is 2.13. The number of hydrogen-bond donors (Lipinski definition) is 2. The lowest BCUT2D eigenvalue weighted by Gasteiger charge is -2.11. The maximum Gasteiger partial charge on any atom is 0.214 e. The third-order valence-corrected chi connectivity index (χ3v) is 1.90. The molecule has 1 unspecified atom stereocenters. The molecule has 0 saturated heterocycles. The van der Waals surface area contributed by atoms with E-state index in [1.807, 2.05) is 0 Å². The van der Waals surface area contributed by atoms with E-state index >= 15 is 0 Å². The lowest BCUT2D eigenvalue weighted by Crippen LogP contribution is -2.12. The smallest absolute Gasteiger partial charge is 0.214 e. The largest absolute Gasteiger partial charge is 0.497 e. The first-order valence-electron chi connectivity index (χ1n) is 4.13. The van der Waals surface area contributed by atoms with Crippen LogP contribution in [-0.4, -0.2) is 25.2 Å². The molecule has 1 aromatic rings. The van der Waals surface area contributed by atoms with E-state index < -0.39 is 6.10 Å². The quantitative estimate of drug-likeness (QED) is 0.565. The van der Waals surface area contributed by atoms with Crippen molar-refractivity contribution < 1.29 is 14.6 Å². The molecule has 0 aliphatic heterocycles. The highest BCUT2D eigenvalue weighted by molar-refractivity contribution is 5.78. The molecule has 0 heterocycles. The standard InChI is InChI=1S/C10H13NO3/c1-13-8-5-3-7(4-6-8)9(12)10(11)14-2/h3-6,9,11-12H,1-2H3. The second-order valence-corrected chi connectivity index (χ2v) is 2.74. The van der Waals surface area contributed by atoms with Gasteiger partial charge in [0.05, 0.1) is 14.2 Å². The molecular weight excluding hydrogens is 182 g/mol. The van der Waals surface area contributed by atoms with Crippen LogP contribution in [0, 0.1) is 5.41 Å². The Labute approximate surface area is 82.6 Å². The van der Waals surface area contributed by atoms with Crippen molar-refractivity contribution in [2.24, 2.45) is 0 Å². The second-order valence-electron chi connectivity index (χ2n) is 2.74. The van der Waals surface area contributed by atoms with Crippen LogP contribution in [0.5, 0.6) is 5.75 Å². The zero-order valence-electron chi connectivity index (χ0n) is 8.15. The van der Waals surface area contributed by atoms with Gasteiger partial charge >= 0.3 is 0 Å². The van der Waals surface area contributed by atoms with Crippen LogP contribution in [0.2, 0.25) is 0 Å². The van der Waals surface area contributed by atoms with Gasteiger partial charge < -0.3 is 14.6 Å². The van der Waals surface area contributed by atoms with E-state index in [-0.39, 0.29) is 5.90 Å². The third-order valence-electron chi connectivity index (χ3n) is 1.90. The van der Waals surface area contributed by atoms with Crippen LogP contribution in [0.1, 0.15) is 11.7 Å². The van der Waals surface area contributed by atoms with Crippen molar-refractivity contribution in [3.8, 4) is 5.75 Å². The van der Waals surface area contributed by atoms with Crippen LogP contribution < -0.4 is 4.74 Å². The first kappa shape index (κ1) is 10.5. The number of rotatable bonds is 3. The summed E-state index contributed by atoms with van der Waals surface area (Å²) in [6.07, 6.45) is -1.01. The van der Waals surface area contributed by atoms with E-state index in [1.54, 1.807) is 31.4 Å². The molecule has 1 atom stereocenters. The predicted molar refractivity (Wildman–Crippen MR) is 52.7 cm³/mol. The van der Waals surface area contributed by atoms with Gasteiger partial charge in [-0.2, -0.15) is 0 Å². The summed E-state index contributed by atoms with van der Waals surface area (Å²) in [6, 6.07) is 6.83. The molecule has 4 nitrogen and oxygen atoms in total. The minimum absolute atomic E-state index is 0.171. The van der Waals surface area contributed by atoms with Crippen molar-refractivity contribution in [2.45, 2.75) is 6.10 Å². The molecule has 0 aromatic heterocycles. The summed E-state index contributed by atoms with van der Waals surface area (Å²) in [7, 11) is 2.93. The van der Waals surface area contributed by atoms with Gasteiger partial charge in [-0.25, -0.2) is 0 Å². The van der Waals surface area contributed by atoms with Crippen molar-refractivity contribution >= 4 is 5.90 Å². The van der Waals surface area contributed by atoms with Gasteiger partial charge in [0.1, 0.15) is 5.75 Å². The second kappa shape index (κ2) is 4.62. The Kier molecular flexibility index (Phi) is 3.48. The molecule has 1 rings (SSSR count). The topological polar surface area (TPSA) is 62.5 Å². The maximum atomic E-state index is 9.56. The van der Waals surface area contributed by atoms with Gasteiger partial charge in [0.2, 0.25) is 5.90 Å². The lowest BCUT2D eigenvalue weighted by atomic mass is 10.1. The Morgan fingerprint density at radius 3 is 2.29 bits per heavy atom. The molecule has 2 N–H and O–H groups in total. The summed E-state index contributed by atoms with van der Waals surface area (Å²) in [5.74, 6) is 0.542. The Balaban J connectivity index is 2.81. The monoisotopic (exact) mass is 195 g/mol. The van der Waals surface area contributed by atoms with E-state index in [1.165, 1.54) is 7.11 Å². The summed E-state index contributed by atoms with van der Waals surface area (Å²) >= 11 is 0. The minimum atomic E-state index is -1.01. The Hall–Kier alpha value is -1.55. The Morgan fingerprint density at radius 1 is 1.29 bits per heavy atom. The van der Waals surface area contributed by atoms with Crippen molar-refractivity contribution in [2.75, 3.05) is 14.2 Å². The Bertz CT molecular complexity index is 308. The molecular formula is C10H13NO3. The summed E-state index contributed by atoms with van der Waals surface area (Å²) in [4.78, 5) is 0. The fraction of sp³-hybridized carbons (Fsp3) is 0.300. The van der Waals surface area contributed by atoms with Gasteiger partial charge in [0, 0.05) is 0 Å². The highest BCUT2D eigenvalue weighted by Crippen LogP contribution is 2.18. The summed E-state index contributed by atoms with van der Waals surface area (Å²) in [6.45, 7) is 0. The van der Waals surface area contributed by atoms with Crippen LogP contribution >= 0.6 is 0 Å². The number of aliphatic hydroxyl groups is 1. The molecule has 76 valence electrons. The first-order valence-corrected chi connectivity index (χ1v) is 4.13. The normalized spacial score (nSPS) is 11.9. The van der Waals surface area contributed by atoms with E-state index in [9.17, 15) is 5.11 Å². The van der Waals surface area contributed by atoms with Crippen LogP contribution in [0.25, 0.3) is 0 Å². The zero-order chi connectivity index (χ0) is 10.6. The van der Waals surface area contributed by atoms with E-state index in [0.29, 0.717) is 11.3 Å². The van der Waals surface area contributed by atoms with Gasteiger partial charge in [0.15, 0.2) is 6.10 Å². The summed E-state index contributed by atoms with van der Waals surface area (Å²) in [5.41, 5.74) is 0.609. The number of nitrogens with one attached hydrogen (secondary N) is 1. The lowest BCUT2D eigenvalue weighted by molar-refractivity contribution is 0.205. The molecule has 0 spiro atoms. The Morgan fingerprint density at radius 2 is 1.86 bits per heavy atom. The summed E-state index contributed by atoms with van der Waals surface area (Å²) < 4.78 is 9.59. The van der Waals surface area contributed by atoms with Gasteiger partial charge in [-0.05, 0) is 17.7 Å². The van der Waals surface area contributed by atoms with Crippen molar-refractivity contribution in [1.82, 2.24) is 0 Å². The van der Waals surface area contributed by atoms with E-state index in [0.717, 1.165) is 0 Å². The molecule has 0 radical (unpaired) electrons. The number of methoxy groups -OCH3 is 2. The number of benzene rings is 1. The third kappa shape index (κ3) is 2.23. The molecule has 0 saturated carbocycles. The van der Waals surface area contributed by atoms with Gasteiger partial charge in [-0.15, -0.1) is 0 Å². The van der Waals surface area contributed by atoms with Crippen LogP contribution in [0.4, 0.5) is 0 Å². The van der Waals surface area contributed by atoms with Crippen molar-refractivity contribution in [1.29, 1.82) is 5.41 Å². The van der Waals surface area contributed by atoms with Crippen LogP contribution in [0.3, 0.4) is 0 Å². The number of ether oxygens (including phenoxy) is 2. The molecule has 4 heteroatoms. The first-order chi connectivity index (χ1) is 6.69. The number of hydrogen-bond acceptors (Lipinski definition) is 4. The predicted octanol–water partition coefficient (Wildman–Crippen LogP) is 1.35. The summed E-state index contributed by atoms with van der Waals surface area (Å²) in [5, 5.41) is 16.8. The van der Waals surface area contributed by atoms with Crippen LogP contribution in [0.15, 0.2) is 24.3 Å². The maximum absolute atomic E-state index is 9.56. The molecule has 1 aromatic carbocycles. The average Bonchev–Trinajstić information content (AvgIpc) is 2.27. The van der Waals surface area contributed by atoms with E-state index in [2.05, 4.69) is 4.74 Å². The highest BCUT2D eigenvalue weighted by atomic mass is 16.5. The molecule has 0 amide bonds. The fourth-order valence-corrected chi connectivity index (χ4v) is 1.05. The zero-order valence-corrected chi connectivity index (χ0v) is 8.15. The van der Waals surface area contributed by atoms with Gasteiger partial charge in [-0.3, -0.25) is 5.41 Å². The average molecular weight is 195 g/mol. The van der Waals surface area contributed by atoms with Gasteiger partial charge in [0.25, 0.3) is 0 Å². The fourth-order valence-electron chi connectivity index (χ4n) is 1.05. The molecule has 0 aliphatic carbocycles. The molecule has 14 heavy (non-hydrogen) atoms. The molecule has 0 fully saturated rings. The SMILES string of the molecule is COC(=N)C(O)c1ccc(OC)cc1. The van der Waals surface area contributed by atoms with E-state index in [4.69, 9.17) is 10.1 Å². The van der Waals surface area contributed by atoms with Crippen molar-refractivity contribution in [3.05, 3.63) is 29.8 Å². The number of aliphatic hydroxyl groups excluding tert-OH is 1. The minimum Gasteiger partial charge on any atom is -0.497 e. The molecule has 0 bridgehead atoms. The van der Waals surface area contributed by atoms with Crippen molar-refractivity contribution in [3.63, 3.8) is 0 Å². The van der Waals surface area contributed by atoms with Gasteiger partial charge in [-0.1, -0.05) is 12.1 Å².